The number of fused-ring (bicyclic) bond motifs is 1. The highest BCUT2D eigenvalue weighted by Crippen LogP contribution is 2.33. The second-order valence-corrected chi connectivity index (χ2v) is 6.21. The van der Waals surface area contributed by atoms with Crippen molar-refractivity contribution >= 4 is 6.08 Å². The number of halogens is 4. The molecule has 2 aromatic carbocycles. The lowest BCUT2D eigenvalue weighted by molar-refractivity contribution is -0.226. The van der Waals surface area contributed by atoms with E-state index in [1.807, 2.05) is 24.3 Å². The summed E-state index contributed by atoms with van der Waals surface area (Å²) in [6.07, 6.45) is -3.77. The maximum Gasteiger partial charge on any atom is 0.414 e. The van der Waals surface area contributed by atoms with Gasteiger partial charge in [0.2, 0.25) is 0 Å². The van der Waals surface area contributed by atoms with Gasteiger partial charge in [-0.1, -0.05) is 43.0 Å². The summed E-state index contributed by atoms with van der Waals surface area (Å²) in [5.41, 5.74) is 3.53. The summed E-state index contributed by atoms with van der Waals surface area (Å²) in [6.45, 7) is 3.49. The van der Waals surface area contributed by atoms with Crippen LogP contribution in [-0.4, -0.2) is 12.3 Å². The van der Waals surface area contributed by atoms with Crippen LogP contribution in [0, 0.1) is 5.82 Å². The van der Waals surface area contributed by atoms with Gasteiger partial charge >= 0.3 is 6.18 Å². The molecule has 1 heterocycles. The molecule has 0 radical (unpaired) electrons. The molecular formula is C20H18F4O. The lowest BCUT2D eigenvalue weighted by atomic mass is 9.94. The van der Waals surface area contributed by atoms with E-state index in [0.29, 0.717) is 12.0 Å². The number of benzene rings is 2. The van der Waals surface area contributed by atoms with Crippen molar-refractivity contribution in [1.82, 2.24) is 0 Å². The number of hydrogen-bond donors (Lipinski definition) is 0. The summed E-state index contributed by atoms with van der Waals surface area (Å²) >= 11 is 0. The molecule has 5 heteroatoms. The molecule has 25 heavy (non-hydrogen) atoms. The van der Waals surface area contributed by atoms with Gasteiger partial charge in [-0.25, -0.2) is 4.39 Å². The van der Waals surface area contributed by atoms with E-state index in [1.54, 1.807) is 12.1 Å². The number of hydrogen-bond acceptors (Lipinski definition) is 1. The Morgan fingerprint density at radius 2 is 1.76 bits per heavy atom. The number of aryl methyl sites for hydroxylation is 2. The highest BCUT2D eigenvalue weighted by molar-refractivity contribution is 5.47. The van der Waals surface area contributed by atoms with Crippen molar-refractivity contribution in [2.24, 2.45) is 0 Å². The molecule has 0 amide bonds. The molecule has 1 nitrogen and oxygen atoms in total. The first kappa shape index (κ1) is 17.7. The third kappa shape index (κ3) is 4.10. The minimum atomic E-state index is -4.47. The monoisotopic (exact) mass is 350 g/mol. The molecule has 0 spiro atoms. The second kappa shape index (κ2) is 7.00. The first-order valence-corrected chi connectivity index (χ1v) is 8.06. The van der Waals surface area contributed by atoms with Gasteiger partial charge in [0.1, 0.15) is 5.82 Å². The molecule has 0 bridgehead atoms. The number of ether oxygens (including phenoxy) is 1. The van der Waals surface area contributed by atoms with Gasteiger partial charge in [0, 0.05) is 6.42 Å². The van der Waals surface area contributed by atoms with Gasteiger partial charge in [-0.3, -0.25) is 0 Å². The average molecular weight is 350 g/mol. The van der Waals surface area contributed by atoms with E-state index in [-0.39, 0.29) is 12.2 Å². The zero-order valence-corrected chi connectivity index (χ0v) is 13.6. The van der Waals surface area contributed by atoms with Crippen LogP contribution < -0.4 is 0 Å². The molecular weight excluding hydrogens is 332 g/mol. The van der Waals surface area contributed by atoms with Gasteiger partial charge in [-0.05, 0) is 46.7 Å². The van der Waals surface area contributed by atoms with Gasteiger partial charge in [0.05, 0.1) is 6.61 Å². The fourth-order valence-electron chi connectivity index (χ4n) is 3.01. The van der Waals surface area contributed by atoms with E-state index < -0.39 is 24.5 Å². The minimum absolute atomic E-state index is 0.118. The molecule has 0 aliphatic carbocycles. The molecule has 3 rings (SSSR count). The molecule has 1 atom stereocenters. The topological polar surface area (TPSA) is 9.23 Å². The summed E-state index contributed by atoms with van der Waals surface area (Å²) < 4.78 is 57.4. The van der Waals surface area contributed by atoms with Crippen LogP contribution in [0.4, 0.5) is 17.6 Å². The smallest absolute Gasteiger partial charge is 0.364 e. The van der Waals surface area contributed by atoms with Gasteiger partial charge < -0.3 is 4.74 Å². The van der Waals surface area contributed by atoms with Crippen molar-refractivity contribution in [3.8, 4) is 0 Å². The Labute approximate surface area is 143 Å². The molecule has 2 aromatic rings. The maximum absolute atomic E-state index is 14.3. The SMILES string of the molecule is C=Cc1ccc(CCc2cc(F)c3c(c2)COC(C(F)(F)F)C3)cc1. The molecule has 1 aliphatic heterocycles. The Bertz CT molecular complexity index is 763. The van der Waals surface area contributed by atoms with Crippen molar-refractivity contribution in [2.45, 2.75) is 38.1 Å². The summed E-state index contributed by atoms with van der Waals surface area (Å²) in [5.74, 6) is -0.577. The fourth-order valence-corrected chi connectivity index (χ4v) is 3.01. The van der Waals surface area contributed by atoms with E-state index in [1.165, 1.54) is 6.07 Å². The molecule has 0 fully saturated rings. The number of alkyl halides is 3. The zero-order chi connectivity index (χ0) is 18.0. The van der Waals surface area contributed by atoms with Crippen molar-refractivity contribution in [3.05, 3.63) is 76.6 Å². The van der Waals surface area contributed by atoms with Crippen LogP contribution in [-0.2, 0) is 30.6 Å². The van der Waals surface area contributed by atoms with Crippen LogP contribution >= 0.6 is 0 Å². The third-order valence-electron chi connectivity index (χ3n) is 4.46. The standard InChI is InChI=1S/C20H18F4O/c1-2-13-3-5-14(6-4-13)7-8-15-9-16-12-25-19(20(22,23)24)11-17(16)18(21)10-15/h2-6,9-10,19H,1,7-8,11-12H2. The fraction of sp³-hybridized carbons (Fsp3) is 0.300. The van der Waals surface area contributed by atoms with E-state index in [9.17, 15) is 17.6 Å². The van der Waals surface area contributed by atoms with Crippen LogP contribution in [0.2, 0.25) is 0 Å². The van der Waals surface area contributed by atoms with Crippen LogP contribution in [0.1, 0.15) is 27.8 Å². The van der Waals surface area contributed by atoms with E-state index in [2.05, 4.69) is 6.58 Å². The summed E-state index contributed by atoms with van der Waals surface area (Å²) in [4.78, 5) is 0. The summed E-state index contributed by atoms with van der Waals surface area (Å²) in [5, 5.41) is 0. The average Bonchev–Trinajstić information content (AvgIpc) is 2.59. The molecule has 1 aliphatic rings. The normalized spacial score (nSPS) is 17.2. The second-order valence-electron chi connectivity index (χ2n) is 6.21. The quantitative estimate of drug-likeness (QED) is 0.684. The van der Waals surface area contributed by atoms with Crippen LogP contribution in [0.25, 0.3) is 6.08 Å². The first-order valence-electron chi connectivity index (χ1n) is 8.06. The van der Waals surface area contributed by atoms with Gasteiger partial charge in [0.25, 0.3) is 0 Å². The number of rotatable bonds is 4. The summed E-state index contributed by atoms with van der Waals surface area (Å²) in [6, 6.07) is 11.0. The van der Waals surface area contributed by atoms with E-state index in [4.69, 9.17) is 4.74 Å². The maximum atomic E-state index is 14.3. The van der Waals surface area contributed by atoms with E-state index >= 15 is 0 Å². The molecule has 0 saturated heterocycles. The Hall–Kier alpha value is -2.14. The first-order chi connectivity index (χ1) is 11.9. The largest absolute Gasteiger partial charge is 0.414 e. The van der Waals surface area contributed by atoms with Crippen molar-refractivity contribution in [3.63, 3.8) is 0 Å². The van der Waals surface area contributed by atoms with Gasteiger partial charge in [-0.2, -0.15) is 13.2 Å². The predicted molar refractivity (Wildman–Crippen MR) is 88.7 cm³/mol. The molecule has 1 unspecified atom stereocenters. The van der Waals surface area contributed by atoms with Crippen LogP contribution in [0.3, 0.4) is 0 Å². The Kier molecular flexibility index (Phi) is 4.95. The lowest BCUT2D eigenvalue weighted by Crippen LogP contribution is -2.37. The lowest BCUT2D eigenvalue weighted by Gasteiger charge is -2.27. The van der Waals surface area contributed by atoms with Crippen LogP contribution in [0.15, 0.2) is 43.0 Å². The minimum Gasteiger partial charge on any atom is -0.364 e. The Morgan fingerprint density at radius 3 is 2.40 bits per heavy atom. The van der Waals surface area contributed by atoms with Gasteiger partial charge in [-0.15, -0.1) is 0 Å². The Balaban J connectivity index is 1.72. The molecule has 0 aromatic heterocycles. The van der Waals surface area contributed by atoms with Crippen LogP contribution in [0.5, 0.6) is 0 Å². The predicted octanol–water partition coefficient (Wildman–Crippen LogP) is 5.26. The third-order valence-corrected chi connectivity index (χ3v) is 4.46. The highest BCUT2D eigenvalue weighted by Gasteiger charge is 2.43. The van der Waals surface area contributed by atoms with Gasteiger partial charge in [0.15, 0.2) is 6.10 Å². The molecule has 0 N–H and O–H groups in total. The van der Waals surface area contributed by atoms with Crippen molar-refractivity contribution in [2.75, 3.05) is 0 Å². The summed E-state index contributed by atoms with van der Waals surface area (Å²) in [7, 11) is 0. The molecule has 0 saturated carbocycles. The zero-order valence-electron chi connectivity index (χ0n) is 13.6. The van der Waals surface area contributed by atoms with E-state index in [0.717, 1.165) is 23.1 Å². The highest BCUT2D eigenvalue weighted by atomic mass is 19.4. The van der Waals surface area contributed by atoms with Crippen molar-refractivity contribution in [1.29, 1.82) is 0 Å². The Morgan fingerprint density at radius 1 is 1.08 bits per heavy atom. The van der Waals surface area contributed by atoms with Crippen molar-refractivity contribution < 1.29 is 22.3 Å². The molecule has 132 valence electrons.